The second-order valence-electron chi connectivity index (χ2n) is 6.43. The summed E-state index contributed by atoms with van der Waals surface area (Å²) in [6.45, 7) is 14.1. The molecule has 0 spiro atoms. The van der Waals surface area contributed by atoms with Crippen molar-refractivity contribution in [2.45, 2.75) is 19.9 Å². The van der Waals surface area contributed by atoms with Crippen molar-refractivity contribution in [1.82, 2.24) is 4.90 Å². The Morgan fingerprint density at radius 3 is 2.39 bits per heavy atom. The monoisotopic (exact) mass is 315 g/mol. The smallest absolute Gasteiger partial charge is 0.359 e. The molecule has 4 nitrogen and oxygen atoms in total. The fourth-order valence-corrected chi connectivity index (χ4v) is 2.79. The normalized spacial score (nSPS) is 16.7. The first kappa shape index (κ1) is 17.3. The van der Waals surface area contributed by atoms with Crippen LogP contribution in [-0.2, 0) is 16.1 Å². The molecule has 0 aliphatic carbocycles. The number of likely N-dealkylation sites (N-methyl/N-ethyl adjacent to an activating group) is 1. The number of benzene rings is 1. The van der Waals surface area contributed by atoms with Gasteiger partial charge in [-0.3, -0.25) is 0 Å². The molecule has 0 bridgehead atoms. The Morgan fingerprint density at radius 2 is 1.83 bits per heavy atom. The van der Waals surface area contributed by atoms with Crippen LogP contribution in [0.1, 0.15) is 18.9 Å². The highest BCUT2D eigenvalue weighted by Crippen LogP contribution is 2.19. The molecule has 4 heteroatoms. The topological polar surface area (TPSA) is 29.5 Å². The van der Waals surface area contributed by atoms with Crippen LogP contribution in [0.3, 0.4) is 0 Å². The number of carbonyl (C=O) groups is 1. The molecule has 1 heterocycles. The van der Waals surface area contributed by atoms with Crippen LogP contribution < -0.4 is 0 Å². The van der Waals surface area contributed by atoms with Crippen LogP contribution in [0, 0.1) is 0 Å². The summed E-state index contributed by atoms with van der Waals surface area (Å²) in [5.74, 6) is 0.105. The van der Waals surface area contributed by atoms with Crippen LogP contribution in [0.15, 0.2) is 54.9 Å². The van der Waals surface area contributed by atoms with Gasteiger partial charge >= 0.3 is 5.97 Å². The summed E-state index contributed by atoms with van der Waals surface area (Å²) >= 11 is 0. The second kappa shape index (κ2) is 7.47. The first-order valence-electron chi connectivity index (χ1n) is 8.15. The number of esters is 1. The number of ether oxygens (including phenoxy) is 1. The van der Waals surface area contributed by atoms with E-state index in [4.69, 9.17) is 4.74 Å². The van der Waals surface area contributed by atoms with Crippen molar-refractivity contribution in [3.63, 3.8) is 0 Å². The molecule has 0 N–H and O–H groups in total. The van der Waals surface area contributed by atoms with Crippen molar-refractivity contribution in [3.05, 3.63) is 60.5 Å². The lowest BCUT2D eigenvalue weighted by atomic mass is 10.1. The number of allylic oxidation sites excluding steroid dienone is 1. The van der Waals surface area contributed by atoms with Gasteiger partial charge in [0, 0.05) is 12.0 Å². The van der Waals surface area contributed by atoms with Crippen molar-refractivity contribution >= 4 is 5.97 Å². The maximum Gasteiger partial charge on any atom is 0.359 e. The third-order valence-corrected chi connectivity index (χ3v) is 4.48. The fraction of sp³-hybridized carbons (Fsp3) is 0.421. The van der Waals surface area contributed by atoms with Gasteiger partial charge in [0.05, 0.1) is 33.2 Å². The molecule has 1 aromatic carbocycles. The average molecular weight is 315 g/mol. The quantitative estimate of drug-likeness (QED) is 0.350. The lowest BCUT2D eigenvalue weighted by Crippen LogP contribution is -2.56. The highest BCUT2D eigenvalue weighted by atomic mass is 16.5. The zero-order valence-electron chi connectivity index (χ0n) is 14.3. The largest absolute Gasteiger partial charge is 0.427 e. The van der Waals surface area contributed by atoms with Crippen molar-refractivity contribution < 1.29 is 14.0 Å². The molecular weight excluding hydrogens is 288 g/mol. The Labute approximate surface area is 139 Å². The minimum absolute atomic E-state index is 0.379. The molecule has 23 heavy (non-hydrogen) atoms. The maximum atomic E-state index is 12.0. The molecule has 1 aliphatic heterocycles. The van der Waals surface area contributed by atoms with E-state index in [1.165, 1.54) is 5.56 Å². The molecule has 0 aromatic heterocycles. The average Bonchev–Trinajstić information content (AvgIpc) is 2.55. The van der Waals surface area contributed by atoms with Crippen LogP contribution in [0.4, 0.5) is 0 Å². The predicted octanol–water partition coefficient (Wildman–Crippen LogP) is 2.93. The Hall–Kier alpha value is -2.07. The number of piperazine rings is 1. The van der Waals surface area contributed by atoms with Crippen LogP contribution in [0.25, 0.3) is 0 Å². The Bertz CT molecular complexity index is 572. The molecular formula is C19H27N2O2+. The van der Waals surface area contributed by atoms with Crippen molar-refractivity contribution in [2.24, 2.45) is 0 Å². The number of hydrogen-bond acceptors (Lipinski definition) is 3. The van der Waals surface area contributed by atoms with E-state index in [-0.39, 0.29) is 5.97 Å². The molecule has 124 valence electrons. The highest BCUT2D eigenvalue weighted by molar-refractivity contribution is 5.87. The minimum Gasteiger partial charge on any atom is -0.427 e. The van der Waals surface area contributed by atoms with E-state index in [0.29, 0.717) is 17.9 Å². The molecule has 0 atom stereocenters. The zero-order valence-corrected chi connectivity index (χ0v) is 14.3. The molecule has 0 radical (unpaired) electrons. The Balaban J connectivity index is 1.89. The number of hydrogen-bond donors (Lipinski definition) is 0. The van der Waals surface area contributed by atoms with Gasteiger partial charge in [0.1, 0.15) is 18.0 Å². The molecule has 1 saturated heterocycles. The summed E-state index contributed by atoms with van der Waals surface area (Å²) in [5.41, 5.74) is 1.78. The molecule has 1 aliphatic rings. The van der Waals surface area contributed by atoms with Gasteiger partial charge < -0.3 is 14.1 Å². The van der Waals surface area contributed by atoms with Gasteiger partial charge in [-0.05, 0) is 0 Å². The lowest BCUT2D eigenvalue weighted by molar-refractivity contribution is -0.926. The van der Waals surface area contributed by atoms with Gasteiger partial charge in [-0.2, -0.15) is 0 Å². The summed E-state index contributed by atoms with van der Waals surface area (Å²) in [6, 6.07) is 10.5. The fourth-order valence-electron chi connectivity index (χ4n) is 2.79. The summed E-state index contributed by atoms with van der Waals surface area (Å²) < 4.78 is 6.16. The van der Waals surface area contributed by atoms with Gasteiger partial charge in [0.2, 0.25) is 0 Å². The van der Waals surface area contributed by atoms with Gasteiger partial charge in [0.15, 0.2) is 0 Å². The third-order valence-electron chi connectivity index (χ3n) is 4.48. The lowest BCUT2D eigenvalue weighted by Gasteiger charge is -2.42. The van der Waals surface area contributed by atoms with Gasteiger partial charge in [-0.25, -0.2) is 4.79 Å². The van der Waals surface area contributed by atoms with Crippen molar-refractivity contribution in [1.29, 1.82) is 0 Å². The molecule has 0 amide bonds. The van der Waals surface area contributed by atoms with E-state index in [0.717, 1.165) is 37.2 Å². The van der Waals surface area contributed by atoms with Crippen LogP contribution in [0.5, 0.6) is 0 Å². The summed E-state index contributed by atoms with van der Waals surface area (Å²) in [6.07, 6.45) is 0.630. The van der Waals surface area contributed by atoms with Gasteiger partial charge in [-0.1, -0.05) is 50.4 Å². The van der Waals surface area contributed by atoms with Gasteiger partial charge in [-0.15, -0.1) is 0 Å². The van der Waals surface area contributed by atoms with E-state index in [1.54, 1.807) is 0 Å². The molecule has 0 saturated carbocycles. The standard InChI is InChI=1S/C19H27N2O2/c1-5-16(2)23-19(22)17(3)20-11-13-21(4,14-12-20)15-18-9-7-6-8-10-18/h6-10H,2-3,5,11-15H2,1,4H3/q+1. The van der Waals surface area contributed by atoms with E-state index in [2.05, 4.69) is 44.5 Å². The first-order chi connectivity index (χ1) is 10.9. The predicted molar refractivity (Wildman–Crippen MR) is 92.3 cm³/mol. The van der Waals surface area contributed by atoms with Crippen LogP contribution in [0.2, 0.25) is 0 Å². The second-order valence-corrected chi connectivity index (χ2v) is 6.43. The minimum atomic E-state index is -0.379. The van der Waals surface area contributed by atoms with Gasteiger partial charge in [0.25, 0.3) is 0 Å². The van der Waals surface area contributed by atoms with E-state index in [1.807, 2.05) is 17.9 Å². The molecule has 0 unspecified atom stereocenters. The third kappa shape index (κ3) is 4.70. The summed E-state index contributed by atoms with van der Waals surface area (Å²) in [4.78, 5) is 14.1. The first-order valence-corrected chi connectivity index (χ1v) is 8.15. The SMILES string of the molecule is C=C(CC)OC(=O)C(=C)N1CC[N+](C)(Cc2ccccc2)CC1. The molecule has 1 fully saturated rings. The van der Waals surface area contributed by atoms with Crippen molar-refractivity contribution in [3.8, 4) is 0 Å². The maximum absolute atomic E-state index is 12.0. The van der Waals surface area contributed by atoms with E-state index in [9.17, 15) is 4.79 Å². The number of quaternary nitrogens is 1. The van der Waals surface area contributed by atoms with Crippen molar-refractivity contribution in [2.75, 3.05) is 33.2 Å². The zero-order chi connectivity index (χ0) is 16.9. The highest BCUT2D eigenvalue weighted by Gasteiger charge is 2.31. The van der Waals surface area contributed by atoms with E-state index < -0.39 is 0 Å². The van der Waals surface area contributed by atoms with E-state index >= 15 is 0 Å². The molecule has 2 rings (SSSR count). The number of rotatable bonds is 6. The Morgan fingerprint density at radius 1 is 1.22 bits per heavy atom. The number of carbonyl (C=O) groups excluding carboxylic acids is 1. The summed E-state index contributed by atoms with van der Waals surface area (Å²) in [5, 5.41) is 0. The Kier molecular flexibility index (Phi) is 5.61. The summed E-state index contributed by atoms with van der Waals surface area (Å²) in [7, 11) is 2.27. The van der Waals surface area contributed by atoms with Crippen LogP contribution in [-0.4, -0.2) is 48.6 Å². The molecule has 1 aromatic rings. The number of nitrogens with zero attached hydrogens (tertiary/aromatic N) is 2. The van der Waals surface area contributed by atoms with Crippen LogP contribution >= 0.6 is 0 Å².